The molecule has 2 aromatic rings. The van der Waals surface area contributed by atoms with Gasteiger partial charge in [0.2, 0.25) is 0 Å². The molecule has 0 atom stereocenters. The van der Waals surface area contributed by atoms with E-state index < -0.39 is 0 Å². The van der Waals surface area contributed by atoms with Gasteiger partial charge in [0.05, 0.1) is 6.10 Å². The molecule has 0 unspecified atom stereocenters. The molecule has 134 valence electrons. The number of pyridine rings is 1. The lowest BCUT2D eigenvalue weighted by Gasteiger charge is -2.27. The summed E-state index contributed by atoms with van der Waals surface area (Å²) in [6.45, 7) is 4.77. The summed E-state index contributed by atoms with van der Waals surface area (Å²) >= 11 is 0. The number of carbonyl (C=O) groups is 1. The van der Waals surface area contributed by atoms with E-state index in [9.17, 15) is 9.59 Å². The molecule has 3 rings (SSSR count). The second kappa shape index (κ2) is 7.96. The van der Waals surface area contributed by atoms with Crippen molar-refractivity contribution in [2.24, 2.45) is 5.92 Å². The number of benzene rings is 1. The van der Waals surface area contributed by atoms with Gasteiger partial charge in [-0.25, -0.2) is 0 Å². The molecular weight excluding hydrogens is 314 g/mol. The summed E-state index contributed by atoms with van der Waals surface area (Å²) in [4.78, 5) is 27.5. The highest BCUT2D eigenvalue weighted by Crippen LogP contribution is 2.30. The first-order valence-corrected chi connectivity index (χ1v) is 9.41. The third kappa shape index (κ3) is 4.18. The number of rotatable bonds is 6. The smallest absolute Gasteiger partial charge is 0.251 e. The molecule has 4 heteroatoms. The number of H-pyrrole nitrogens is 1. The molecule has 1 aromatic heterocycles. The number of fused-ring (bicyclic) bond motifs is 1. The summed E-state index contributed by atoms with van der Waals surface area (Å²) in [5.74, 6) is 0.660. The van der Waals surface area contributed by atoms with Gasteiger partial charge in [-0.15, -0.1) is 0 Å². The fourth-order valence-corrected chi connectivity index (χ4v) is 3.81. The molecule has 0 bridgehead atoms. The molecule has 1 heterocycles. The van der Waals surface area contributed by atoms with Crippen molar-refractivity contribution in [1.82, 2.24) is 4.98 Å². The molecule has 1 saturated carbocycles. The Morgan fingerprint density at radius 2 is 1.92 bits per heavy atom. The lowest BCUT2D eigenvalue weighted by Crippen LogP contribution is -2.23. The van der Waals surface area contributed by atoms with E-state index in [1.165, 1.54) is 0 Å². The summed E-state index contributed by atoms with van der Waals surface area (Å²) in [5, 5.41) is 0.933. The van der Waals surface area contributed by atoms with E-state index in [1.54, 1.807) is 0 Å². The minimum absolute atomic E-state index is 0.0415. The monoisotopic (exact) mass is 341 g/mol. The maximum Gasteiger partial charge on any atom is 0.251 e. The average Bonchev–Trinajstić information content (AvgIpc) is 2.62. The van der Waals surface area contributed by atoms with Crippen LogP contribution in [0.4, 0.5) is 0 Å². The number of Topliss-reactive ketones (excluding diaryl/α,β-unsaturated/α-hetero) is 1. The largest absolute Gasteiger partial charge is 0.379 e. The molecule has 0 saturated heterocycles. The Morgan fingerprint density at radius 1 is 1.16 bits per heavy atom. The molecule has 0 amide bonds. The predicted octanol–water partition coefficient (Wildman–Crippen LogP) is 4.26. The van der Waals surface area contributed by atoms with Gasteiger partial charge in [-0.1, -0.05) is 6.92 Å². The molecule has 1 aliphatic rings. The van der Waals surface area contributed by atoms with Crippen molar-refractivity contribution in [3.05, 3.63) is 45.7 Å². The van der Waals surface area contributed by atoms with Crippen molar-refractivity contribution in [2.45, 2.75) is 58.5 Å². The summed E-state index contributed by atoms with van der Waals surface area (Å²) in [5.41, 5.74) is 2.25. The van der Waals surface area contributed by atoms with Crippen LogP contribution in [0.3, 0.4) is 0 Å². The fourth-order valence-electron chi connectivity index (χ4n) is 3.81. The van der Waals surface area contributed by atoms with Gasteiger partial charge < -0.3 is 9.72 Å². The molecule has 0 spiro atoms. The van der Waals surface area contributed by atoms with Crippen molar-refractivity contribution in [3.8, 4) is 0 Å². The third-order valence-corrected chi connectivity index (χ3v) is 5.29. The second-order valence-corrected chi connectivity index (χ2v) is 7.00. The zero-order valence-electron chi connectivity index (χ0n) is 15.1. The summed E-state index contributed by atoms with van der Waals surface area (Å²) in [6, 6.07) is 7.49. The van der Waals surface area contributed by atoms with Crippen LogP contribution in [0.2, 0.25) is 0 Å². The third-order valence-electron chi connectivity index (χ3n) is 5.29. The maximum absolute atomic E-state index is 12.7. The van der Waals surface area contributed by atoms with Gasteiger partial charge in [0, 0.05) is 29.7 Å². The number of aromatic amines is 1. The van der Waals surface area contributed by atoms with Crippen LogP contribution in [-0.4, -0.2) is 23.5 Å². The topological polar surface area (TPSA) is 59.2 Å². The number of carbonyl (C=O) groups excluding carboxylic acids is 1. The zero-order valence-corrected chi connectivity index (χ0v) is 15.1. The number of aryl methyl sites for hydroxylation is 1. The Bertz CT molecular complexity index is 800. The Kier molecular flexibility index (Phi) is 5.69. The number of nitrogens with one attached hydrogen (secondary N) is 1. The highest BCUT2D eigenvalue weighted by atomic mass is 16.5. The summed E-state index contributed by atoms with van der Waals surface area (Å²) < 4.78 is 5.69. The Morgan fingerprint density at radius 3 is 2.60 bits per heavy atom. The van der Waals surface area contributed by atoms with E-state index in [0.717, 1.165) is 54.3 Å². The van der Waals surface area contributed by atoms with Crippen LogP contribution in [0.1, 0.15) is 61.9 Å². The first-order chi connectivity index (χ1) is 12.1. The number of ether oxygens (including phenoxy) is 1. The van der Waals surface area contributed by atoms with Gasteiger partial charge in [0.25, 0.3) is 5.56 Å². The number of hydrogen-bond acceptors (Lipinski definition) is 3. The first-order valence-electron chi connectivity index (χ1n) is 9.41. The molecule has 1 aliphatic carbocycles. The van der Waals surface area contributed by atoms with Gasteiger partial charge in [0.15, 0.2) is 5.78 Å². The van der Waals surface area contributed by atoms with E-state index in [2.05, 4.69) is 4.98 Å². The number of hydrogen-bond donors (Lipinski definition) is 1. The van der Waals surface area contributed by atoms with Gasteiger partial charge >= 0.3 is 0 Å². The van der Waals surface area contributed by atoms with Crippen molar-refractivity contribution in [1.29, 1.82) is 0 Å². The Balaban J connectivity index is 1.70. The highest BCUT2D eigenvalue weighted by molar-refractivity contribution is 5.99. The molecule has 1 fully saturated rings. The lowest BCUT2D eigenvalue weighted by molar-refractivity contribution is 0.0247. The first kappa shape index (κ1) is 17.9. The summed E-state index contributed by atoms with van der Waals surface area (Å²) in [6.07, 6.45) is 5.92. The van der Waals surface area contributed by atoms with Crippen LogP contribution in [0.5, 0.6) is 0 Å². The molecular formula is C21H27NO3. The van der Waals surface area contributed by atoms with E-state index in [1.807, 2.05) is 38.1 Å². The number of aromatic nitrogens is 1. The molecule has 1 N–H and O–H groups in total. The van der Waals surface area contributed by atoms with Crippen molar-refractivity contribution in [2.75, 3.05) is 6.61 Å². The zero-order chi connectivity index (χ0) is 17.8. The lowest BCUT2D eigenvalue weighted by atomic mass is 9.83. The van der Waals surface area contributed by atoms with Gasteiger partial charge in [-0.2, -0.15) is 0 Å². The van der Waals surface area contributed by atoms with E-state index >= 15 is 0 Å². The molecule has 4 nitrogen and oxygen atoms in total. The van der Waals surface area contributed by atoms with E-state index in [0.29, 0.717) is 24.9 Å². The van der Waals surface area contributed by atoms with Gasteiger partial charge in [0.1, 0.15) is 0 Å². The minimum atomic E-state index is -0.0415. The van der Waals surface area contributed by atoms with Crippen LogP contribution in [0.15, 0.2) is 29.1 Å². The molecule has 25 heavy (non-hydrogen) atoms. The SMILES string of the molecule is CCOC1CCC(CC(=O)c2ccc3[nH]c(=O)c(CC)cc3c2)CC1. The van der Waals surface area contributed by atoms with Crippen molar-refractivity contribution < 1.29 is 9.53 Å². The Hall–Kier alpha value is -1.94. The van der Waals surface area contributed by atoms with Crippen LogP contribution < -0.4 is 5.56 Å². The second-order valence-electron chi connectivity index (χ2n) is 7.00. The van der Waals surface area contributed by atoms with Crippen LogP contribution >= 0.6 is 0 Å². The predicted molar refractivity (Wildman–Crippen MR) is 100 cm³/mol. The molecule has 0 aliphatic heterocycles. The standard InChI is InChI=1S/C21H27NO3/c1-3-15-12-17-13-16(7-10-19(17)22-21(15)24)20(23)11-14-5-8-18(9-6-14)25-4-2/h7,10,12-14,18H,3-6,8-9,11H2,1-2H3,(H,22,24). The molecule has 0 radical (unpaired) electrons. The highest BCUT2D eigenvalue weighted by Gasteiger charge is 2.23. The van der Waals surface area contributed by atoms with Gasteiger partial charge in [-0.3, -0.25) is 9.59 Å². The van der Waals surface area contributed by atoms with Crippen LogP contribution in [-0.2, 0) is 11.2 Å². The van der Waals surface area contributed by atoms with Crippen LogP contribution in [0, 0.1) is 5.92 Å². The quantitative estimate of drug-likeness (QED) is 0.799. The van der Waals surface area contributed by atoms with E-state index in [4.69, 9.17) is 4.74 Å². The summed E-state index contributed by atoms with van der Waals surface area (Å²) in [7, 11) is 0. The fraction of sp³-hybridized carbons (Fsp3) is 0.524. The van der Waals surface area contributed by atoms with Crippen LogP contribution in [0.25, 0.3) is 10.9 Å². The van der Waals surface area contributed by atoms with Crippen molar-refractivity contribution in [3.63, 3.8) is 0 Å². The molecule has 1 aromatic carbocycles. The normalized spacial score (nSPS) is 20.7. The van der Waals surface area contributed by atoms with Crippen molar-refractivity contribution >= 4 is 16.7 Å². The van der Waals surface area contributed by atoms with Gasteiger partial charge in [-0.05, 0) is 74.6 Å². The van der Waals surface area contributed by atoms with E-state index in [-0.39, 0.29) is 11.3 Å². The average molecular weight is 341 g/mol. The number of ketones is 1. The maximum atomic E-state index is 12.7. The Labute approximate surface area is 148 Å². The minimum Gasteiger partial charge on any atom is -0.379 e.